The fourth-order valence-corrected chi connectivity index (χ4v) is 2.85. The van der Waals surface area contributed by atoms with Gasteiger partial charge >= 0.3 is 0 Å². The third-order valence-corrected chi connectivity index (χ3v) is 4.48. The van der Waals surface area contributed by atoms with Crippen LogP contribution in [0.3, 0.4) is 0 Å². The second-order valence-electron chi connectivity index (χ2n) is 8.87. The molecule has 0 saturated carbocycles. The molecule has 0 radical (unpaired) electrons. The summed E-state index contributed by atoms with van der Waals surface area (Å²) in [6, 6.07) is 0.0970. The minimum atomic E-state index is -0.394. The van der Waals surface area contributed by atoms with Crippen LogP contribution in [0.4, 0.5) is 0 Å². The van der Waals surface area contributed by atoms with Gasteiger partial charge in [0, 0.05) is 44.1 Å². The summed E-state index contributed by atoms with van der Waals surface area (Å²) in [5, 5.41) is 5.69. The normalized spacial score (nSPS) is 15.4. The van der Waals surface area contributed by atoms with Crippen LogP contribution in [-0.4, -0.2) is 60.4 Å². The van der Waals surface area contributed by atoms with Crippen LogP contribution in [-0.2, 0) is 23.9 Å². The van der Waals surface area contributed by atoms with E-state index in [1.54, 1.807) is 0 Å². The van der Waals surface area contributed by atoms with Gasteiger partial charge in [0.25, 0.3) is 11.8 Å². The lowest BCUT2D eigenvalue weighted by atomic mass is 9.89. The van der Waals surface area contributed by atoms with Gasteiger partial charge < -0.3 is 15.4 Å². The van der Waals surface area contributed by atoms with Gasteiger partial charge in [-0.2, -0.15) is 0 Å². The SMILES string of the molecule is CC(C)NC(=O)CC(C)(C)COC(CNC(=O)CCN1C(=O)C=CC1=O)C(C)C. The van der Waals surface area contributed by atoms with E-state index in [1.165, 1.54) is 12.2 Å². The summed E-state index contributed by atoms with van der Waals surface area (Å²) >= 11 is 0. The van der Waals surface area contributed by atoms with Crippen molar-refractivity contribution in [3.63, 3.8) is 0 Å². The zero-order valence-corrected chi connectivity index (χ0v) is 18.4. The summed E-state index contributed by atoms with van der Waals surface area (Å²) in [5.74, 6) is -0.878. The first-order valence-electron chi connectivity index (χ1n) is 10.1. The Morgan fingerprint density at radius 3 is 2.17 bits per heavy atom. The van der Waals surface area contributed by atoms with Crippen molar-refractivity contribution in [1.82, 2.24) is 15.5 Å². The van der Waals surface area contributed by atoms with Crippen LogP contribution in [0.5, 0.6) is 0 Å². The van der Waals surface area contributed by atoms with E-state index in [4.69, 9.17) is 4.74 Å². The van der Waals surface area contributed by atoms with Gasteiger partial charge in [0.15, 0.2) is 0 Å². The van der Waals surface area contributed by atoms with Gasteiger partial charge in [0.2, 0.25) is 11.8 Å². The van der Waals surface area contributed by atoms with Crippen LogP contribution in [0.2, 0.25) is 0 Å². The van der Waals surface area contributed by atoms with Crippen molar-refractivity contribution < 1.29 is 23.9 Å². The van der Waals surface area contributed by atoms with Crippen molar-refractivity contribution in [3.8, 4) is 0 Å². The van der Waals surface area contributed by atoms with Crippen molar-refractivity contribution in [1.29, 1.82) is 0 Å². The Morgan fingerprint density at radius 1 is 1.07 bits per heavy atom. The lowest BCUT2D eigenvalue weighted by Crippen LogP contribution is -2.41. The molecule has 164 valence electrons. The molecule has 1 aliphatic rings. The molecule has 0 aromatic rings. The monoisotopic (exact) mass is 409 g/mol. The Kier molecular flexibility index (Phi) is 9.49. The number of hydrogen-bond donors (Lipinski definition) is 2. The van der Waals surface area contributed by atoms with Crippen molar-refractivity contribution in [2.75, 3.05) is 19.7 Å². The Hall–Kier alpha value is -2.22. The first-order chi connectivity index (χ1) is 13.4. The highest BCUT2D eigenvalue weighted by atomic mass is 16.5. The fourth-order valence-electron chi connectivity index (χ4n) is 2.85. The van der Waals surface area contributed by atoms with Crippen LogP contribution in [0.15, 0.2) is 12.2 Å². The smallest absolute Gasteiger partial charge is 0.253 e. The third kappa shape index (κ3) is 9.21. The van der Waals surface area contributed by atoms with Crippen LogP contribution in [0.25, 0.3) is 0 Å². The molecule has 29 heavy (non-hydrogen) atoms. The van der Waals surface area contributed by atoms with Crippen LogP contribution in [0.1, 0.15) is 54.4 Å². The Morgan fingerprint density at radius 2 is 1.66 bits per heavy atom. The summed E-state index contributed by atoms with van der Waals surface area (Å²) < 4.78 is 6.01. The van der Waals surface area contributed by atoms with E-state index in [2.05, 4.69) is 10.6 Å². The highest BCUT2D eigenvalue weighted by Gasteiger charge is 2.26. The standard InChI is InChI=1S/C21H35N3O5/c1-14(2)16(29-13-21(5,6)11-18(26)23-15(3)4)12-22-17(25)9-10-24-19(27)7-8-20(24)28/h7-8,14-16H,9-13H2,1-6H3,(H,22,25)(H,23,26). The minimum Gasteiger partial charge on any atom is -0.376 e. The molecular weight excluding hydrogens is 374 g/mol. The first-order valence-corrected chi connectivity index (χ1v) is 10.1. The third-order valence-electron chi connectivity index (χ3n) is 4.48. The Labute approximate surface area is 173 Å². The lowest BCUT2D eigenvalue weighted by Gasteiger charge is -2.29. The van der Waals surface area contributed by atoms with Crippen molar-refractivity contribution in [3.05, 3.63) is 12.2 Å². The highest BCUT2D eigenvalue weighted by Crippen LogP contribution is 2.22. The predicted octanol–water partition coefficient (Wildman–Crippen LogP) is 1.40. The van der Waals surface area contributed by atoms with E-state index in [0.717, 1.165) is 4.90 Å². The predicted molar refractivity (Wildman–Crippen MR) is 110 cm³/mol. The van der Waals surface area contributed by atoms with Gasteiger partial charge in [-0.3, -0.25) is 24.1 Å². The fraction of sp³-hybridized carbons (Fsp3) is 0.714. The maximum atomic E-state index is 12.1. The molecule has 4 amide bonds. The number of ether oxygens (including phenoxy) is 1. The second-order valence-corrected chi connectivity index (χ2v) is 8.87. The molecule has 1 atom stereocenters. The van der Waals surface area contributed by atoms with Crippen LogP contribution >= 0.6 is 0 Å². The number of hydrogen-bond acceptors (Lipinski definition) is 5. The molecule has 0 saturated heterocycles. The first kappa shape index (κ1) is 24.8. The van der Waals surface area contributed by atoms with Gasteiger partial charge in [-0.15, -0.1) is 0 Å². The molecule has 2 N–H and O–H groups in total. The van der Waals surface area contributed by atoms with Gasteiger partial charge in [-0.25, -0.2) is 0 Å². The zero-order chi connectivity index (χ0) is 22.2. The topological polar surface area (TPSA) is 105 Å². The zero-order valence-electron chi connectivity index (χ0n) is 18.4. The number of nitrogens with zero attached hydrogens (tertiary/aromatic N) is 1. The summed E-state index contributed by atoms with van der Waals surface area (Å²) in [5.41, 5.74) is -0.334. The Balaban J connectivity index is 2.42. The molecule has 0 aromatic carbocycles. The molecule has 0 aliphatic carbocycles. The van der Waals surface area contributed by atoms with Gasteiger partial charge in [-0.1, -0.05) is 27.7 Å². The number of rotatable bonds is 12. The van der Waals surface area contributed by atoms with E-state index in [9.17, 15) is 19.2 Å². The highest BCUT2D eigenvalue weighted by molar-refractivity contribution is 6.13. The number of nitrogens with one attached hydrogen (secondary N) is 2. The average Bonchev–Trinajstić information content (AvgIpc) is 2.89. The maximum absolute atomic E-state index is 12.1. The average molecular weight is 410 g/mol. The van der Waals surface area contributed by atoms with E-state index in [1.807, 2.05) is 41.5 Å². The van der Waals surface area contributed by atoms with Crippen LogP contribution in [0, 0.1) is 11.3 Å². The van der Waals surface area contributed by atoms with Crippen molar-refractivity contribution >= 4 is 23.6 Å². The summed E-state index contributed by atoms with van der Waals surface area (Å²) in [4.78, 5) is 48.2. The van der Waals surface area contributed by atoms with Crippen molar-refractivity contribution in [2.24, 2.45) is 11.3 Å². The molecule has 1 unspecified atom stereocenters. The quantitative estimate of drug-likeness (QED) is 0.474. The van der Waals surface area contributed by atoms with Crippen molar-refractivity contribution in [2.45, 2.75) is 66.5 Å². The second kappa shape index (κ2) is 11.1. The summed E-state index contributed by atoms with van der Waals surface area (Å²) in [6.07, 6.45) is 2.60. The Bertz CT molecular complexity index is 622. The number of amides is 4. The minimum absolute atomic E-state index is 0.0107. The molecule has 0 fully saturated rings. The molecular formula is C21H35N3O5. The molecule has 0 spiro atoms. The molecule has 8 nitrogen and oxygen atoms in total. The number of carbonyl (C=O) groups is 4. The molecule has 1 heterocycles. The van der Waals surface area contributed by atoms with Gasteiger partial charge in [0.1, 0.15) is 0 Å². The number of carbonyl (C=O) groups excluding carboxylic acids is 4. The molecule has 8 heteroatoms. The molecule has 1 aliphatic heterocycles. The van der Waals surface area contributed by atoms with E-state index < -0.39 is 11.8 Å². The molecule has 0 aromatic heterocycles. The number of imide groups is 1. The van der Waals surface area contributed by atoms with E-state index in [0.29, 0.717) is 19.6 Å². The molecule has 1 rings (SSSR count). The maximum Gasteiger partial charge on any atom is 0.253 e. The van der Waals surface area contributed by atoms with Crippen LogP contribution < -0.4 is 10.6 Å². The summed E-state index contributed by atoms with van der Waals surface area (Å²) in [6.45, 7) is 12.6. The largest absolute Gasteiger partial charge is 0.376 e. The van der Waals surface area contributed by atoms with E-state index >= 15 is 0 Å². The van der Waals surface area contributed by atoms with Gasteiger partial charge in [-0.05, 0) is 25.2 Å². The lowest BCUT2D eigenvalue weighted by molar-refractivity contribution is -0.137. The molecule has 0 bridgehead atoms. The summed E-state index contributed by atoms with van der Waals surface area (Å²) in [7, 11) is 0. The van der Waals surface area contributed by atoms with Gasteiger partial charge in [0.05, 0.1) is 12.7 Å². The van der Waals surface area contributed by atoms with E-state index in [-0.39, 0.29) is 48.3 Å².